The molecule has 4 unspecified atom stereocenters. The molecule has 2 aliphatic rings. The van der Waals surface area contributed by atoms with Gasteiger partial charge >= 0.3 is 0 Å². The predicted molar refractivity (Wildman–Crippen MR) is 177 cm³/mol. The molecule has 2 aromatic heterocycles. The average molecular weight is 604 g/mol. The highest BCUT2D eigenvalue weighted by Crippen LogP contribution is 2.07. The molecule has 0 aromatic carbocycles. The van der Waals surface area contributed by atoms with Crippen molar-refractivity contribution in [2.75, 3.05) is 0 Å². The first-order chi connectivity index (χ1) is 20.0. The molecule has 4 radical (unpaired) electrons. The van der Waals surface area contributed by atoms with E-state index in [2.05, 4.69) is 40.8 Å². The van der Waals surface area contributed by atoms with Gasteiger partial charge in [-0.15, -0.1) is 11.3 Å². The highest BCUT2D eigenvalue weighted by atomic mass is 32.1. The number of aryl methyl sites for hydroxylation is 3. The quantitative estimate of drug-likeness (QED) is 0.339. The Morgan fingerprint density at radius 2 is 1.16 bits per heavy atom. The van der Waals surface area contributed by atoms with E-state index < -0.39 is 0 Å². The summed E-state index contributed by atoms with van der Waals surface area (Å²) >= 11 is 1.56. The SMILES string of the molecule is CC(=O)[B]C1NC(C)=NC1C.CC(=O)[B]C1NC(C)=NC1C.CC(=O)[B]c1nc(C)c(C)s1.CC(=O)[B]c1nc(C)n[nH]1. The third kappa shape index (κ3) is 15.6. The van der Waals surface area contributed by atoms with Gasteiger partial charge in [-0.3, -0.25) is 20.1 Å². The van der Waals surface area contributed by atoms with Gasteiger partial charge in [-0.1, -0.05) is 0 Å². The standard InChI is InChI=1S/2C7H12BN2O.C7H9BNOS.C5H7BN3O/c2*1-4-7(8-5(2)11)10-6(3)9-4;1-4-5(2)11-7(9-4)8-6(3)10;1-3(10)6-5-7-4(2)8-9-5/h2*4,7H,1-3H3,(H,9,10);1-3H3;1-2H3,(H,7,8,9). The maximum atomic E-state index is 10.7. The van der Waals surface area contributed by atoms with E-state index in [0.29, 0.717) is 11.5 Å². The van der Waals surface area contributed by atoms with Gasteiger partial charge < -0.3 is 29.8 Å². The van der Waals surface area contributed by atoms with Crippen LogP contribution >= 0.6 is 11.3 Å². The molecule has 0 amide bonds. The van der Waals surface area contributed by atoms with Crippen LogP contribution in [-0.4, -0.2) is 108 Å². The van der Waals surface area contributed by atoms with E-state index in [1.807, 2.05) is 41.5 Å². The molecule has 4 rings (SSSR count). The molecule has 0 aliphatic carbocycles. The Kier molecular flexibility index (Phi) is 16.1. The molecule has 2 aromatic rings. The van der Waals surface area contributed by atoms with Crippen LogP contribution in [0.3, 0.4) is 0 Å². The van der Waals surface area contributed by atoms with Crippen molar-refractivity contribution in [1.82, 2.24) is 30.8 Å². The number of H-pyrrole nitrogens is 1. The minimum absolute atomic E-state index is 0.0313. The number of hydrogen-bond acceptors (Lipinski definition) is 12. The first kappa shape index (κ1) is 37.7. The molecule has 226 valence electrons. The van der Waals surface area contributed by atoms with Crippen molar-refractivity contribution in [2.45, 2.75) is 100 Å². The van der Waals surface area contributed by atoms with Gasteiger partial charge in [0, 0.05) is 16.8 Å². The smallest absolute Gasteiger partial charge is 0.291 e. The molecular formula is C26H40B4N8O4S. The van der Waals surface area contributed by atoms with Crippen LogP contribution in [-0.2, 0) is 19.2 Å². The second kappa shape index (κ2) is 18.3. The molecule has 43 heavy (non-hydrogen) atoms. The number of aromatic amines is 1. The fourth-order valence-electron chi connectivity index (χ4n) is 3.79. The number of thiazole rings is 1. The fourth-order valence-corrected chi connectivity index (χ4v) is 4.70. The van der Waals surface area contributed by atoms with Gasteiger partial charge in [0.25, 0.3) is 14.6 Å². The summed E-state index contributed by atoms with van der Waals surface area (Å²) in [6, 6.07) is 0.387. The van der Waals surface area contributed by atoms with Gasteiger partial charge in [0.05, 0.1) is 62.8 Å². The van der Waals surface area contributed by atoms with Gasteiger partial charge in [-0.05, 0) is 76.2 Å². The summed E-state index contributed by atoms with van der Waals surface area (Å²) in [7, 11) is 6.31. The number of aromatic nitrogens is 4. The molecular weight excluding hydrogens is 564 g/mol. The molecule has 2 aliphatic heterocycles. The summed E-state index contributed by atoms with van der Waals surface area (Å²) in [6.45, 7) is 19.6. The maximum Gasteiger partial charge on any atom is 0.291 e. The number of carbonyl (C=O) groups excluding carboxylic acids is 4. The number of amidine groups is 2. The van der Waals surface area contributed by atoms with E-state index in [9.17, 15) is 19.2 Å². The van der Waals surface area contributed by atoms with E-state index in [4.69, 9.17) is 0 Å². The Bertz CT molecular complexity index is 1270. The molecule has 0 saturated carbocycles. The first-order valence-electron chi connectivity index (χ1n) is 13.8. The van der Waals surface area contributed by atoms with E-state index in [-0.39, 0.29) is 46.7 Å². The van der Waals surface area contributed by atoms with Gasteiger partial charge in [0.2, 0.25) is 14.6 Å². The lowest BCUT2D eigenvalue weighted by Crippen LogP contribution is -2.40. The Morgan fingerprint density at radius 1 is 0.698 bits per heavy atom. The lowest BCUT2D eigenvalue weighted by atomic mass is 9.64. The van der Waals surface area contributed by atoms with Crippen molar-refractivity contribution < 1.29 is 19.2 Å². The molecule has 0 bridgehead atoms. The Balaban J connectivity index is 0.000000287. The largest absolute Gasteiger partial charge is 0.377 e. The van der Waals surface area contributed by atoms with Crippen LogP contribution in [0.4, 0.5) is 0 Å². The molecule has 0 fully saturated rings. The van der Waals surface area contributed by atoms with E-state index >= 15 is 0 Å². The highest BCUT2D eigenvalue weighted by Gasteiger charge is 2.25. The second-order valence-electron chi connectivity index (χ2n) is 10.3. The number of nitrogens with one attached hydrogen (secondary N) is 3. The molecule has 4 heterocycles. The summed E-state index contributed by atoms with van der Waals surface area (Å²) in [4.78, 5) is 61.1. The molecule has 17 heteroatoms. The zero-order valence-corrected chi connectivity index (χ0v) is 27.7. The zero-order valence-electron chi connectivity index (χ0n) is 26.9. The fraction of sp³-hybridized carbons (Fsp3) is 0.577. The summed E-state index contributed by atoms with van der Waals surface area (Å²) < 4.78 is 0. The Labute approximate surface area is 261 Å². The highest BCUT2D eigenvalue weighted by molar-refractivity contribution is 7.23. The predicted octanol–water partition coefficient (Wildman–Crippen LogP) is -0.428. The summed E-state index contributed by atoms with van der Waals surface area (Å²) in [5.41, 5.74) is 1.75. The normalized spacial score (nSPS) is 19.6. The van der Waals surface area contributed by atoms with Gasteiger partial charge in [-0.2, -0.15) is 5.10 Å². The van der Waals surface area contributed by atoms with Crippen LogP contribution < -0.4 is 21.3 Å². The van der Waals surface area contributed by atoms with Crippen molar-refractivity contribution >= 4 is 85.5 Å². The van der Waals surface area contributed by atoms with Crippen LogP contribution in [0.15, 0.2) is 9.98 Å². The third-order valence-corrected chi connectivity index (χ3v) is 6.76. The van der Waals surface area contributed by atoms with E-state index in [0.717, 1.165) is 22.3 Å². The molecule has 12 nitrogen and oxygen atoms in total. The number of nitrogens with zero attached hydrogens (tertiary/aromatic N) is 5. The van der Waals surface area contributed by atoms with E-state index in [1.54, 1.807) is 53.9 Å². The number of aliphatic imine (C=N–C) groups is 2. The molecule has 0 spiro atoms. The van der Waals surface area contributed by atoms with Crippen molar-refractivity contribution in [3.05, 3.63) is 16.4 Å². The van der Waals surface area contributed by atoms with Crippen LogP contribution in [0, 0.1) is 20.8 Å². The second-order valence-corrected chi connectivity index (χ2v) is 11.5. The lowest BCUT2D eigenvalue weighted by molar-refractivity contribution is -0.111. The molecule has 4 atom stereocenters. The third-order valence-electron chi connectivity index (χ3n) is 5.74. The molecule has 0 saturated heterocycles. The maximum absolute atomic E-state index is 10.7. The van der Waals surface area contributed by atoms with Crippen molar-refractivity contribution in [2.24, 2.45) is 9.98 Å². The van der Waals surface area contributed by atoms with Crippen LogP contribution in [0.2, 0.25) is 0 Å². The average Bonchev–Trinajstić information content (AvgIpc) is 3.57. The van der Waals surface area contributed by atoms with Crippen LogP contribution in [0.5, 0.6) is 0 Å². The number of rotatable bonds is 8. The van der Waals surface area contributed by atoms with Crippen LogP contribution in [0.1, 0.15) is 71.8 Å². The first-order valence-corrected chi connectivity index (χ1v) is 14.6. The van der Waals surface area contributed by atoms with Gasteiger partial charge in [0.1, 0.15) is 5.82 Å². The number of hydrogen-bond donors (Lipinski definition) is 3. The monoisotopic (exact) mass is 604 g/mol. The Morgan fingerprint density at radius 3 is 1.44 bits per heavy atom. The summed E-state index contributed by atoms with van der Waals surface area (Å²) in [5.74, 6) is 2.69. The number of carbonyl (C=O) groups is 4. The van der Waals surface area contributed by atoms with E-state index in [1.165, 1.54) is 26.0 Å². The zero-order chi connectivity index (χ0) is 32.9. The summed E-state index contributed by atoms with van der Waals surface area (Å²) in [5, 5.41) is 12.6. The van der Waals surface area contributed by atoms with Gasteiger partial charge in [-0.25, -0.2) is 4.98 Å². The van der Waals surface area contributed by atoms with Crippen molar-refractivity contribution in [3.8, 4) is 0 Å². The minimum atomic E-state index is -0.0313. The Hall–Kier alpha value is -3.35. The van der Waals surface area contributed by atoms with Gasteiger partial charge in [0.15, 0.2) is 0 Å². The lowest BCUT2D eigenvalue weighted by Gasteiger charge is -2.11. The topological polar surface area (TPSA) is 172 Å². The van der Waals surface area contributed by atoms with Crippen molar-refractivity contribution in [3.63, 3.8) is 0 Å². The summed E-state index contributed by atoms with van der Waals surface area (Å²) in [6.07, 6.45) is 0. The molecule has 3 N–H and O–H groups in total. The van der Waals surface area contributed by atoms with Crippen LogP contribution in [0.25, 0.3) is 0 Å². The minimum Gasteiger partial charge on any atom is -0.377 e. The van der Waals surface area contributed by atoms with Crippen molar-refractivity contribution in [1.29, 1.82) is 0 Å².